The molecule has 3 heterocycles. The van der Waals surface area contributed by atoms with Gasteiger partial charge in [0.05, 0.1) is 18.0 Å². The molecule has 1 saturated heterocycles. The molecule has 0 bridgehead atoms. The number of imidazole rings is 1. The van der Waals surface area contributed by atoms with E-state index in [-0.39, 0.29) is 17.7 Å². The summed E-state index contributed by atoms with van der Waals surface area (Å²) in [6, 6.07) is 5.34. The first kappa shape index (κ1) is 17.4. The summed E-state index contributed by atoms with van der Waals surface area (Å²) in [4.78, 5) is 30.9. The highest BCUT2D eigenvalue weighted by atomic mass is 16.2. The second-order valence-corrected chi connectivity index (χ2v) is 6.93. The average molecular weight is 343 g/mol. The Bertz CT molecular complexity index is 749. The van der Waals surface area contributed by atoms with E-state index in [0.29, 0.717) is 12.2 Å². The number of fused-ring (bicyclic) bond motifs is 1. The van der Waals surface area contributed by atoms with Crippen LogP contribution in [0.25, 0.3) is 5.52 Å². The summed E-state index contributed by atoms with van der Waals surface area (Å²) in [6.07, 6.45) is 5.61. The van der Waals surface area contributed by atoms with Crippen LogP contribution in [0.2, 0.25) is 0 Å². The number of rotatable bonds is 4. The maximum Gasteiger partial charge on any atom is 0.286 e. The van der Waals surface area contributed by atoms with Crippen LogP contribution in [0.5, 0.6) is 0 Å². The first-order chi connectivity index (χ1) is 12.0. The predicted molar refractivity (Wildman–Crippen MR) is 94.8 cm³/mol. The zero-order chi connectivity index (χ0) is 17.8. The molecule has 7 heteroatoms. The van der Waals surface area contributed by atoms with Crippen molar-refractivity contribution in [3.63, 3.8) is 0 Å². The molecule has 25 heavy (non-hydrogen) atoms. The number of pyridine rings is 1. The van der Waals surface area contributed by atoms with E-state index < -0.39 is 0 Å². The van der Waals surface area contributed by atoms with Crippen LogP contribution in [-0.2, 0) is 4.79 Å². The van der Waals surface area contributed by atoms with Crippen molar-refractivity contribution >= 4 is 17.3 Å². The van der Waals surface area contributed by atoms with Gasteiger partial charge in [0.2, 0.25) is 5.91 Å². The van der Waals surface area contributed by atoms with Gasteiger partial charge < -0.3 is 4.90 Å². The Kier molecular flexibility index (Phi) is 5.33. The second kappa shape index (κ2) is 7.65. The molecule has 2 aromatic heterocycles. The molecule has 1 atom stereocenters. The molecule has 2 aromatic rings. The van der Waals surface area contributed by atoms with E-state index in [1.54, 1.807) is 29.1 Å². The topological polar surface area (TPSA) is 78.7 Å². The van der Waals surface area contributed by atoms with Gasteiger partial charge in [-0.2, -0.15) is 0 Å². The molecule has 2 N–H and O–H groups in total. The van der Waals surface area contributed by atoms with Gasteiger partial charge in [-0.1, -0.05) is 19.9 Å². The normalized spacial score (nSPS) is 17.4. The average Bonchev–Trinajstić information content (AvgIpc) is 3.10. The summed E-state index contributed by atoms with van der Waals surface area (Å²) in [7, 11) is 0. The zero-order valence-corrected chi connectivity index (χ0v) is 14.7. The van der Waals surface area contributed by atoms with Gasteiger partial charge in [-0.25, -0.2) is 4.98 Å². The summed E-state index contributed by atoms with van der Waals surface area (Å²) < 4.78 is 1.68. The monoisotopic (exact) mass is 343 g/mol. The van der Waals surface area contributed by atoms with E-state index >= 15 is 0 Å². The number of hydrogen-bond acceptors (Lipinski definition) is 4. The molecule has 2 amide bonds. The van der Waals surface area contributed by atoms with Gasteiger partial charge in [-0.15, -0.1) is 0 Å². The number of piperidine rings is 1. The van der Waals surface area contributed by atoms with Crippen LogP contribution in [0.3, 0.4) is 0 Å². The van der Waals surface area contributed by atoms with Crippen molar-refractivity contribution in [2.24, 2.45) is 11.8 Å². The Hall–Kier alpha value is -2.41. The third kappa shape index (κ3) is 4.17. The van der Waals surface area contributed by atoms with E-state index in [1.807, 2.05) is 13.0 Å². The van der Waals surface area contributed by atoms with Crippen LogP contribution >= 0.6 is 0 Å². The summed E-state index contributed by atoms with van der Waals surface area (Å²) in [5.41, 5.74) is 6.29. The number of likely N-dealkylation sites (tertiary alicyclic amines) is 1. The second-order valence-electron chi connectivity index (χ2n) is 6.93. The molecule has 134 valence electrons. The number of carbonyl (C=O) groups excluding carboxylic acids is 2. The minimum atomic E-state index is -0.365. The van der Waals surface area contributed by atoms with Gasteiger partial charge in [0.1, 0.15) is 5.69 Å². The van der Waals surface area contributed by atoms with E-state index in [9.17, 15) is 9.59 Å². The van der Waals surface area contributed by atoms with Gasteiger partial charge in [-0.3, -0.25) is 24.8 Å². The Balaban J connectivity index is 1.51. The van der Waals surface area contributed by atoms with Gasteiger partial charge in [0, 0.05) is 12.5 Å². The van der Waals surface area contributed by atoms with Crippen LogP contribution in [0.15, 0.2) is 30.7 Å². The zero-order valence-electron chi connectivity index (χ0n) is 14.7. The number of nitrogens with one attached hydrogen (secondary N) is 2. The van der Waals surface area contributed by atoms with E-state index in [4.69, 9.17) is 0 Å². The third-order valence-corrected chi connectivity index (χ3v) is 4.84. The van der Waals surface area contributed by atoms with Crippen molar-refractivity contribution in [1.82, 2.24) is 25.1 Å². The number of nitrogens with zero attached hydrogens (tertiary/aromatic N) is 3. The van der Waals surface area contributed by atoms with Crippen molar-refractivity contribution in [2.45, 2.75) is 26.7 Å². The largest absolute Gasteiger partial charge is 0.303 e. The van der Waals surface area contributed by atoms with Crippen LogP contribution in [0, 0.1) is 11.8 Å². The highest BCUT2D eigenvalue weighted by molar-refractivity contribution is 5.94. The molecular weight excluding hydrogens is 318 g/mol. The number of hydrogen-bond donors (Lipinski definition) is 2. The van der Waals surface area contributed by atoms with Crippen LogP contribution in [0.4, 0.5) is 0 Å². The molecule has 3 rings (SSSR count). The number of amides is 2. The van der Waals surface area contributed by atoms with Gasteiger partial charge in [0.15, 0.2) is 0 Å². The van der Waals surface area contributed by atoms with Crippen LogP contribution in [-0.4, -0.2) is 45.7 Å². The molecule has 0 radical (unpaired) electrons. The lowest BCUT2D eigenvalue weighted by Gasteiger charge is -2.31. The summed E-state index contributed by atoms with van der Waals surface area (Å²) in [5.74, 6) is 0.0454. The molecule has 7 nitrogen and oxygen atoms in total. The maximum absolute atomic E-state index is 12.3. The smallest absolute Gasteiger partial charge is 0.286 e. The van der Waals surface area contributed by atoms with Gasteiger partial charge in [0.25, 0.3) is 5.91 Å². The highest BCUT2D eigenvalue weighted by Gasteiger charge is 2.21. The van der Waals surface area contributed by atoms with Crippen LogP contribution < -0.4 is 10.9 Å². The molecule has 1 fully saturated rings. The first-order valence-corrected chi connectivity index (χ1v) is 8.78. The minimum Gasteiger partial charge on any atom is -0.303 e. The molecular formula is C18H25N5O2. The summed E-state index contributed by atoms with van der Waals surface area (Å²) in [5, 5.41) is 0. The number of hydrazine groups is 1. The standard InChI is InChI=1S/C18H25N5O2/c1-13-6-8-22(9-7-13)11-14(2)17(24)20-21-18(25)16-5-3-4-15-10-19-12-23(15)16/h3-5,10,12-14H,6-9,11H2,1-2H3,(H,20,24)(H,21,25). The van der Waals surface area contributed by atoms with E-state index in [1.165, 1.54) is 12.8 Å². The highest BCUT2D eigenvalue weighted by Crippen LogP contribution is 2.17. The molecule has 0 spiro atoms. The summed E-state index contributed by atoms with van der Waals surface area (Å²) in [6.45, 7) is 6.94. The summed E-state index contributed by atoms with van der Waals surface area (Å²) >= 11 is 0. The van der Waals surface area contributed by atoms with E-state index in [0.717, 1.165) is 24.5 Å². The Morgan fingerprint density at radius 1 is 1.28 bits per heavy atom. The van der Waals surface area contributed by atoms with E-state index in [2.05, 4.69) is 27.7 Å². The quantitative estimate of drug-likeness (QED) is 0.824. The molecule has 0 aromatic carbocycles. The Morgan fingerprint density at radius 3 is 2.80 bits per heavy atom. The third-order valence-electron chi connectivity index (χ3n) is 4.84. The molecule has 1 unspecified atom stereocenters. The molecule has 1 aliphatic heterocycles. The Morgan fingerprint density at radius 2 is 2.04 bits per heavy atom. The fourth-order valence-corrected chi connectivity index (χ4v) is 3.15. The van der Waals surface area contributed by atoms with Crippen molar-refractivity contribution in [3.05, 3.63) is 36.4 Å². The maximum atomic E-state index is 12.3. The van der Waals surface area contributed by atoms with Crippen molar-refractivity contribution in [2.75, 3.05) is 19.6 Å². The molecule has 0 saturated carbocycles. The lowest BCUT2D eigenvalue weighted by molar-refractivity contribution is -0.126. The number of carbonyl (C=O) groups is 2. The van der Waals surface area contributed by atoms with Crippen molar-refractivity contribution < 1.29 is 9.59 Å². The Labute approximate surface area is 147 Å². The first-order valence-electron chi connectivity index (χ1n) is 8.78. The lowest BCUT2D eigenvalue weighted by atomic mass is 9.98. The lowest BCUT2D eigenvalue weighted by Crippen LogP contribution is -2.47. The van der Waals surface area contributed by atoms with Gasteiger partial charge in [-0.05, 0) is 44.0 Å². The van der Waals surface area contributed by atoms with Gasteiger partial charge >= 0.3 is 0 Å². The minimum absolute atomic E-state index is 0.176. The predicted octanol–water partition coefficient (Wildman–Crippen LogP) is 1.46. The fraction of sp³-hybridized carbons (Fsp3) is 0.500. The molecule has 1 aliphatic rings. The van der Waals surface area contributed by atoms with Crippen molar-refractivity contribution in [3.8, 4) is 0 Å². The molecule has 0 aliphatic carbocycles. The van der Waals surface area contributed by atoms with Crippen LogP contribution in [0.1, 0.15) is 37.2 Å². The fourth-order valence-electron chi connectivity index (χ4n) is 3.15. The number of aromatic nitrogens is 2. The van der Waals surface area contributed by atoms with Crippen molar-refractivity contribution in [1.29, 1.82) is 0 Å². The SMILES string of the molecule is CC1CCN(CC(C)C(=O)NNC(=O)c2cccc3cncn23)CC1.